The highest BCUT2D eigenvalue weighted by Gasteiger charge is 2.33. The molecular formula is C29H33BrFN3O4S. The number of hydrogen-bond acceptors (Lipinski definition) is 4. The van der Waals surface area contributed by atoms with Crippen LogP contribution in [0.1, 0.15) is 30.9 Å². The maximum atomic E-state index is 14.7. The molecule has 0 aromatic heterocycles. The number of carbonyl (C=O) groups excluding carboxylic acids is 2. The molecule has 0 spiro atoms. The summed E-state index contributed by atoms with van der Waals surface area (Å²) in [6.45, 7) is 1.84. The Kier molecular flexibility index (Phi) is 11.1. The zero-order chi connectivity index (χ0) is 28.4. The molecule has 208 valence electrons. The summed E-state index contributed by atoms with van der Waals surface area (Å²) in [5.74, 6) is -1.74. The van der Waals surface area contributed by atoms with Gasteiger partial charge in [0, 0.05) is 24.0 Å². The van der Waals surface area contributed by atoms with E-state index in [4.69, 9.17) is 0 Å². The van der Waals surface area contributed by atoms with Gasteiger partial charge in [-0.05, 0) is 41.8 Å². The first-order chi connectivity index (χ1) is 18.6. The lowest BCUT2D eigenvalue weighted by molar-refractivity contribution is -0.140. The monoisotopic (exact) mass is 617 g/mol. The first kappa shape index (κ1) is 30.3. The van der Waals surface area contributed by atoms with Gasteiger partial charge in [-0.3, -0.25) is 13.9 Å². The molecule has 0 saturated heterocycles. The van der Waals surface area contributed by atoms with Crippen LogP contribution >= 0.6 is 15.9 Å². The fourth-order valence-corrected chi connectivity index (χ4v) is 5.44. The Bertz CT molecular complexity index is 1370. The van der Waals surface area contributed by atoms with E-state index in [1.165, 1.54) is 23.1 Å². The van der Waals surface area contributed by atoms with Gasteiger partial charge in [-0.25, -0.2) is 12.8 Å². The summed E-state index contributed by atoms with van der Waals surface area (Å²) in [4.78, 5) is 28.9. The first-order valence-corrected chi connectivity index (χ1v) is 15.3. The lowest BCUT2D eigenvalue weighted by atomic mass is 10.0. The number of sulfonamides is 1. The van der Waals surface area contributed by atoms with Gasteiger partial charge in [0.05, 0.1) is 11.9 Å². The van der Waals surface area contributed by atoms with Crippen molar-refractivity contribution < 1.29 is 22.4 Å². The van der Waals surface area contributed by atoms with Crippen molar-refractivity contribution in [3.8, 4) is 0 Å². The number of rotatable bonds is 13. The SMILES string of the molecule is CCCCNC(=O)[C@H](Cc1ccccc1)N(Cc1cccc(Br)c1)C(=O)CN(c1ccccc1F)S(C)(=O)=O. The van der Waals surface area contributed by atoms with E-state index in [-0.39, 0.29) is 24.6 Å². The van der Waals surface area contributed by atoms with Crippen molar-refractivity contribution in [3.05, 3.63) is 100 Å². The van der Waals surface area contributed by atoms with E-state index in [1.807, 2.05) is 61.5 Å². The van der Waals surface area contributed by atoms with E-state index < -0.39 is 34.3 Å². The lowest BCUT2D eigenvalue weighted by Crippen LogP contribution is -2.53. The van der Waals surface area contributed by atoms with E-state index in [0.717, 1.165) is 45.1 Å². The van der Waals surface area contributed by atoms with Crippen LogP contribution < -0.4 is 9.62 Å². The number of nitrogens with zero attached hydrogens (tertiary/aromatic N) is 2. The van der Waals surface area contributed by atoms with Crippen molar-refractivity contribution in [2.45, 2.75) is 38.8 Å². The third-order valence-electron chi connectivity index (χ3n) is 6.14. The highest BCUT2D eigenvalue weighted by molar-refractivity contribution is 9.10. The average molecular weight is 619 g/mol. The van der Waals surface area contributed by atoms with Gasteiger partial charge >= 0.3 is 0 Å². The van der Waals surface area contributed by atoms with Crippen LogP contribution in [0.2, 0.25) is 0 Å². The van der Waals surface area contributed by atoms with E-state index >= 15 is 0 Å². The molecule has 1 N–H and O–H groups in total. The number of hydrogen-bond donors (Lipinski definition) is 1. The third kappa shape index (κ3) is 8.90. The van der Waals surface area contributed by atoms with Crippen LogP contribution in [-0.4, -0.2) is 50.5 Å². The summed E-state index contributed by atoms with van der Waals surface area (Å²) in [6, 6.07) is 21.1. The van der Waals surface area contributed by atoms with Crippen molar-refractivity contribution in [1.82, 2.24) is 10.2 Å². The van der Waals surface area contributed by atoms with Gasteiger partial charge in [0.15, 0.2) is 0 Å². The number of para-hydroxylation sites is 1. The van der Waals surface area contributed by atoms with Crippen molar-refractivity contribution in [2.24, 2.45) is 0 Å². The van der Waals surface area contributed by atoms with E-state index in [2.05, 4.69) is 21.2 Å². The van der Waals surface area contributed by atoms with E-state index in [9.17, 15) is 22.4 Å². The Hall–Kier alpha value is -3.24. The van der Waals surface area contributed by atoms with E-state index in [1.54, 1.807) is 0 Å². The maximum absolute atomic E-state index is 14.7. The Balaban J connectivity index is 2.04. The molecule has 10 heteroatoms. The third-order valence-corrected chi connectivity index (χ3v) is 7.76. The Labute approximate surface area is 238 Å². The van der Waals surface area contributed by atoms with Crippen LogP contribution in [0.15, 0.2) is 83.3 Å². The number of benzene rings is 3. The summed E-state index contributed by atoms with van der Waals surface area (Å²) in [5, 5.41) is 2.93. The van der Waals surface area contributed by atoms with E-state index in [0.29, 0.717) is 6.54 Å². The van der Waals surface area contributed by atoms with Gasteiger partial charge in [-0.2, -0.15) is 0 Å². The second-order valence-corrected chi connectivity index (χ2v) is 12.0. The summed E-state index contributed by atoms with van der Waals surface area (Å²) in [7, 11) is -4.03. The van der Waals surface area contributed by atoms with Crippen molar-refractivity contribution in [1.29, 1.82) is 0 Å². The minimum absolute atomic E-state index is 0.0475. The quantitative estimate of drug-likeness (QED) is 0.276. The second kappa shape index (κ2) is 14.2. The molecule has 7 nitrogen and oxygen atoms in total. The molecule has 39 heavy (non-hydrogen) atoms. The molecule has 2 amide bonds. The fourth-order valence-electron chi connectivity index (χ4n) is 4.14. The zero-order valence-corrected chi connectivity index (χ0v) is 24.4. The van der Waals surface area contributed by atoms with Gasteiger partial charge in [-0.1, -0.05) is 83.9 Å². The molecule has 0 bridgehead atoms. The molecule has 0 saturated carbocycles. The molecule has 0 heterocycles. The van der Waals surface area contributed by atoms with Crippen molar-refractivity contribution in [3.63, 3.8) is 0 Å². The van der Waals surface area contributed by atoms with Crippen molar-refractivity contribution in [2.75, 3.05) is 23.7 Å². The number of anilines is 1. The van der Waals surface area contributed by atoms with Crippen LogP contribution in [-0.2, 0) is 32.6 Å². The highest BCUT2D eigenvalue weighted by atomic mass is 79.9. The van der Waals surface area contributed by atoms with Crippen LogP contribution in [0, 0.1) is 5.82 Å². The van der Waals surface area contributed by atoms with Gasteiger partial charge in [0.1, 0.15) is 18.4 Å². The predicted octanol–water partition coefficient (Wildman–Crippen LogP) is 4.91. The normalized spacial score (nSPS) is 12.0. The van der Waals surface area contributed by atoms with Gasteiger partial charge in [-0.15, -0.1) is 0 Å². The largest absolute Gasteiger partial charge is 0.354 e. The Morgan fingerprint density at radius 3 is 2.28 bits per heavy atom. The molecule has 1 atom stereocenters. The number of amides is 2. The number of halogens is 2. The molecule has 0 aliphatic heterocycles. The summed E-state index contributed by atoms with van der Waals surface area (Å²) < 4.78 is 41.6. The van der Waals surface area contributed by atoms with Gasteiger partial charge in [0.25, 0.3) is 0 Å². The van der Waals surface area contributed by atoms with Gasteiger partial charge < -0.3 is 10.2 Å². The molecule has 0 unspecified atom stereocenters. The zero-order valence-electron chi connectivity index (χ0n) is 22.0. The van der Waals surface area contributed by atoms with Crippen LogP contribution in [0.5, 0.6) is 0 Å². The predicted molar refractivity (Wildman–Crippen MR) is 155 cm³/mol. The molecule has 0 radical (unpaired) electrons. The van der Waals surface area contributed by atoms with Crippen molar-refractivity contribution >= 4 is 43.5 Å². The molecule has 3 aromatic rings. The van der Waals surface area contributed by atoms with Crippen LogP contribution in [0.25, 0.3) is 0 Å². The van der Waals surface area contributed by atoms with Gasteiger partial charge in [0.2, 0.25) is 21.8 Å². The Morgan fingerprint density at radius 2 is 1.64 bits per heavy atom. The number of nitrogens with one attached hydrogen (secondary N) is 1. The minimum Gasteiger partial charge on any atom is -0.354 e. The molecular weight excluding hydrogens is 585 g/mol. The standard InChI is InChI=1S/C29H33BrFN3O4S/c1-3-4-17-32-29(36)27(19-22-11-6-5-7-12-22)33(20-23-13-10-14-24(30)18-23)28(35)21-34(39(2,37)38)26-16-9-8-15-25(26)31/h5-16,18,27H,3-4,17,19-21H2,1-2H3,(H,32,36)/t27-/m0/s1. The summed E-state index contributed by atoms with van der Waals surface area (Å²) in [5.41, 5.74) is 1.35. The fraction of sp³-hybridized carbons (Fsp3) is 0.310. The number of carbonyl (C=O) groups is 2. The average Bonchev–Trinajstić information content (AvgIpc) is 2.90. The van der Waals surface area contributed by atoms with Crippen LogP contribution in [0.4, 0.5) is 10.1 Å². The van der Waals surface area contributed by atoms with Crippen LogP contribution in [0.3, 0.4) is 0 Å². The highest BCUT2D eigenvalue weighted by Crippen LogP contribution is 2.23. The number of unbranched alkanes of at least 4 members (excludes halogenated alkanes) is 1. The molecule has 3 rings (SSSR count). The summed E-state index contributed by atoms with van der Waals surface area (Å²) in [6.07, 6.45) is 2.80. The smallest absolute Gasteiger partial charge is 0.244 e. The minimum atomic E-state index is -4.03. The Morgan fingerprint density at radius 1 is 0.974 bits per heavy atom. The first-order valence-electron chi connectivity index (χ1n) is 12.7. The molecule has 0 fully saturated rings. The molecule has 0 aliphatic rings. The summed E-state index contributed by atoms with van der Waals surface area (Å²) >= 11 is 3.44. The topological polar surface area (TPSA) is 86.8 Å². The lowest BCUT2D eigenvalue weighted by Gasteiger charge is -2.33. The molecule has 0 aliphatic carbocycles. The second-order valence-electron chi connectivity index (χ2n) is 9.22. The molecule has 3 aromatic carbocycles. The maximum Gasteiger partial charge on any atom is 0.244 e.